The molecule has 2 N–H and O–H groups in total. The molecule has 0 spiro atoms. The normalized spacial score (nSPS) is 18.5. The first-order valence-corrected chi connectivity index (χ1v) is 5.43. The third-order valence-corrected chi connectivity index (χ3v) is 2.94. The van der Waals surface area contributed by atoms with Gasteiger partial charge < -0.3 is 24.6 Å². The summed E-state index contributed by atoms with van der Waals surface area (Å²) in [5.74, 6) is 1.68. The van der Waals surface area contributed by atoms with Gasteiger partial charge in [-0.15, -0.1) is 0 Å². The van der Waals surface area contributed by atoms with Gasteiger partial charge in [0.25, 0.3) is 0 Å². The smallest absolute Gasteiger partial charge is 0.203 e. The van der Waals surface area contributed by atoms with Crippen LogP contribution in [0.3, 0.4) is 0 Å². The summed E-state index contributed by atoms with van der Waals surface area (Å²) in [5.41, 5.74) is 1.75. The summed E-state index contributed by atoms with van der Waals surface area (Å²) in [5, 5.41) is 13.1. The van der Waals surface area contributed by atoms with Crippen molar-refractivity contribution in [2.24, 2.45) is 0 Å². The SMILES string of the molecule is COc1cc2c(c(OC)c1OC)[C@H](O)CNC2. The highest BCUT2D eigenvalue weighted by atomic mass is 16.5. The molecule has 0 unspecified atom stereocenters. The molecule has 1 aromatic carbocycles. The van der Waals surface area contributed by atoms with Gasteiger partial charge in [-0.25, -0.2) is 0 Å². The van der Waals surface area contributed by atoms with Gasteiger partial charge in [0.1, 0.15) is 0 Å². The number of β-amino-alcohol motifs (C(OH)–C–C–N with tert-alkyl or cyclic N) is 1. The van der Waals surface area contributed by atoms with E-state index in [0.717, 1.165) is 11.1 Å². The second kappa shape index (κ2) is 4.81. The Hall–Kier alpha value is -1.46. The van der Waals surface area contributed by atoms with Crippen LogP contribution in [0.4, 0.5) is 0 Å². The number of ether oxygens (including phenoxy) is 3. The van der Waals surface area contributed by atoms with Crippen LogP contribution < -0.4 is 19.5 Å². The molecule has 2 rings (SSSR count). The van der Waals surface area contributed by atoms with Gasteiger partial charge in [0.2, 0.25) is 5.75 Å². The average molecular weight is 239 g/mol. The predicted molar refractivity (Wildman–Crippen MR) is 62.8 cm³/mol. The zero-order valence-corrected chi connectivity index (χ0v) is 10.2. The molecule has 0 aliphatic carbocycles. The molecule has 5 heteroatoms. The number of rotatable bonds is 3. The monoisotopic (exact) mass is 239 g/mol. The minimum Gasteiger partial charge on any atom is -0.493 e. The van der Waals surface area contributed by atoms with Crippen molar-refractivity contribution in [3.63, 3.8) is 0 Å². The first-order chi connectivity index (χ1) is 8.22. The van der Waals surface area contributed by atoms with Crippen molar-refractivity contribution in [1.29, 1.82) is 0 Å². The molecule has 1 aliphatic heterocycles. The van der Waals surface area contributed by atoms with Crippen LogP contribution in [0.25, 0.3) is 0 Å². The van der Waals surface area contributed by atoms with Gasteiger partial charge in [-0.2, -0.15) is 0 Å². The molecule has 0 saturated carbocycles. The van der Waals surface area contributed by atoms with E-state index < -0.39 is 6.10 Å². The Kier molecular flexibility index (Phi) is 3.40. The van der Waals surface area contributed by atoms with Crippen molar-refractivity contribution < 1.29 is 19.3 Å². The highest BCUT2D eigenvalue weighted by molar-refractivity contribution is 5.60. The lowest BCUT2D eigenvalue weighted by atomic mass is 9.96. The van der Waals surface area contributed by atoms with Crippen molar-refractivity contribution in [2.75, 3.05) is 27.9 Å². The van der Waals surface area contributed by atoms with E-state index in [2.05, 4.69) is 5.32 Å². The van der Waals surface area contributed by atoms with Crippen LogP contribution in [0.5, 0.6) is 17.2 Å². The number of nitrogens with one attached hydrogen (secondary N) is 1. The highest BCUT2D eigenvalue weighted by Gasteiger charge is 2.27. The maximum Gasteiger partial charge on any atom is 0.203 e. The number of benzene rings is 1. The summed E-state index contributed by atoms with van der Waals surface area (Å²) < 4.78 is 15.9. The van der Waals surface area contributed by atoms with E-state index in [1.807, 2.05) is 6.07 Å². The molecule has 1 atom stereocenters. The lowest BCUT2D eigenvalue weighted by molar-refractivity contribution is 0.159. The van der Waals surface area contributed by atoms with Crippen LogP contribution in [0.2, 0.25) is 0 Å². The number of methoxy groups -OCH3 is 3. The standard InChI is InChI=1S/C12H17NO4/c1-15-9-4-7-5-13-6-8(14)10(7)12(17-3)11(9)16-2/h4,8,13-14H,5-6H2,1-3H3/t8-/m1/s1. The molecule has 1 aliphatic rings. The van der Waals surface area contributed by atoms with Crippen molar-refractivity contribution in [3.05, 3.63) is 17.2 Å². The summed E-state index contributed by atoms with van der Waals surface area (Å²) in [6.07, 6.45) is -0.589. The summed E-state index contributed by atoms with van der Waals surface area (Å²) in [4.78, 5) is 0. The topological polar surface area (TPSA) is 60.0 Å². The van der Waals surface area contributed by atoms with Crippen LogP contribution in [-0.2, 0) is 6.54 Å². The van der Waals surface area contributed by atoms with Gasteiger partial charge in [0, 0.05) is 18.7 Å². The molecule has 0 amide bonds. The molecule has 17 heavy (non-hydrogen) atoms. The molecule has 0 fully saturated rings. The van der Waals surface area contributed by atoms with Crippen LogP contribution in [0.15, 0.2) is 6.07 Å². The van der Waals surface area contributed by atoms with Gasteiger partial charge in [0.05, 0.1) is 27.4 Å². The molecule has 1 aromatic rings. The fraction of sp³-hybridized carbons (Fsp3) is 0.500. The summed E-state index contributed by atoms with van der Waals surface area (Å²) in [6, 6.07) is 1.87. The Balaban J connectivity index is 2.65. The molecular weight excluding hydrogens is 222 g/mol. The van der Waals surface area contributed by atoms with Gasteiger partial charge in [0.15, 0.2) is 11.5 Å². The molecule has 0 radical (unpaired) electrons. The second-order valence-electron chi connectivity index (χ2n) is 3.86. The first kappa shape index (κ1) is 12.0. The molecule has 5 nitrogen and oxygen atoms in total. The van der Waals surface area contributed by atoms with E-state index in [1.54, 1.807) is 21.3 Å². The zero-order valence-electron chi connectivity index (χ0n) is 10.2. The Labute approximate surface area is 100 Å². The lowest BCUT2D eigenvalue weighted by Crippen LogP contribution is -2.28. The minimum absolute atomic E-state index is 0.513. The molecule has 1 heterocycles. The zero-order chi connectivity index (χ0) is 12.4. The van der Waals surface area contributed by atoms with E-state index in [9.17, 15) is 5.11 Å². The van der Waals surface area contributed by atoms with Crippen molar-refractivity contribution >= 4 is 0 Å². The van der Waals surface area contributed by atoms with Crippen LogP contribution in [0.1, 0.15) is 17.2 Å². The van der Waals surface area contributed by atoms with Gasteiger partial charge in [-0.3, -0.25) is 0 Å². The predicted octanol–water partition coefficient (Wildman–Crippen LogP) is 0.849. The average Bonchev–Trinajstić information content (AvgIpc) is 2.36. The van der Waals surface area contributed by atoms with Gasteiger partial charge in [-0.1, -0.05) is 0 Å². The lowest BCUT2D eigenvalue weighted by Gasteiger charge is -2.26. The van der Waals surface area contributed by atoms with Crippen LogP contribution in [-0.4, -0.2) is 33.0 Å². The summed E-state index contributed by atoms with van der Waals surface area (Å²) in [7, 11) is 4.70. The Morgan fingerprint density at radius 2 is 1.88 bits per heavy atom. The van der Waals surface area contributed by atoms with Gasteiger partial charge >= 0.3 is 0 Å². The highest BCUT2D eigenvalue weighted by Crippen LogP contribution is 2.45. The number of aliphatic hydroxyl groups excluding tert-OH is 1. The fourth-order valence-electron chi connectivity index (χ4n) is 2.19. The fourth-order valence-corrected chi connectivity index (χ4v) is 2.19. The van der Waals surface area contributed by atoms with Gasteiger partial charge in [-0.05, 0) is 11.6 Å². The van der Waals surface area contributed by atoms with Crippen LogP contribution in [0, 0.1) is 0 Å². The summed E-state index contributed by atoms with van der Waals surface area (Å²) in [6.45, 7) is 1.20. The minimum atomic E-state index is -0.589. The van der Waals surface area contributed by atoms with E-state index in [1.165, 1.54) is 0 Å². The molecule has 0 bridgehead atoms. The van der Waals surface area contributed by atoms with Crippen molar-refractivity contribution in [3.8, 4) is 17.2 Å². The Bertz CT molecular complexity index is 419. The van der Waals surface area contributed by atoms with E-state index in [0.29, 0.717) is 30.3 Å². The Morgan fingerprint density at radius 3 is 2.47 bits per heavy atom. The number of fused-ring (bicyclic) bond motifs is 1. The molecular formula is C12H17NO4. The number of aliphatic hydroxyl groups is 1. The van der Waals surface area contributed by atoms with Crippen molar-refractivity contribution in [2.45, 2.75) is 12.6 Å². The molecule has 0 saturated heterocycles. The van der Waals surface area contributed by atoms with E-state index in [-0.39, 0.29) is 0 Å². The van der Waals surface area contributed by atoms with Crippen molar-refractivity contribution in [1.82, 2.24) is 5.32 Å². The summed E-state index contributed by atoms with van der Waals surface area (Å²) >= 11 is 0. The Morgan fingerprint density at radius 1 is 1.18 bits per heavy atom. The quantitative estimate of drug-likeness (QED) is 0.819. The second-order valence-corrected chi connectivity index (χ2v) is 3.86. The largest absolute Gasteiger partial charge is 0.493 e. The maximum atomic E-state index is 10.0. The maximum absolute atomic E-state index is 10.0. The molecule has 94 valence electrons. The number of hydrogen-bond acceptors (Lipinski definition) is 5. The number of hydrogen-bond donors (Lipinski definition) is 2. The van der Waals surface area contributed by atoms with E-state index >= 15 is 0 Å². The molecule has 0 aromatic heterocycles. The third-order valence-electron chi connectivity index (χ3n) is 2.94. The third kappa shape index (κ3) is 1.92. The first-order valence-electron chi connectivity index (χ1n) is 5.43. The van der Waals surface area contributed by atoms with Crippen LogP contribution >= 0.6 is 0 Å². The van der Waals surface area contributed by atoms with E-state index in [4.69, 9.17) is 14.2 Å².